The fraction of sp³-hybridized carbons (Fsp3) is 0.300. The van der Waals surface area contributed by atoms with E-state index in [0.717, 1.165) is 30.2 Å². The lowest BCUT2D eigenvalue weighted by Crippen LogP contribution is -2.27. The van der Waals surface area contributed by atoms with Crippen molar-refractivity contribution in [3.8, 4) is 5.95 Å². The molecule has 0 amide bonds. The first-order chi connectivity index (χ1) is 12.2. The van der Waals surface area contributed by atoms with Crippen LogP contribution in [-0.4, -0.2) is 37.7 Å². The predicted octanol–water partition coefficient (Wildman–Crippen LogP) is 2.88. The molecule has 130 valence electrons. The molecule has 5 heteroatoms. The molecule has 0 spiro atoms. The van der Waals surface area contributed by atoms with Crippen LogP contribution in [0, 0.1) is 13.8 Å². The van der Waals surface area contributed by atoms with E-state index in [1.54, 1.807) is 0 Å². The van der Waals surface area contributed by atoms with Crippen LogP contribution in [0.3, 0.4) is 0 Å². The number of aromatic nitrogens is 3. The van der Waals surface area contributed by atoms with Gasteiger partial charge in [-0.3, -0.25) is 9.47 Å². The second-order valence-electron chi connectivity index (χ2n) is 6.24. The van der Waals surface area contributed by atoms with Crippen molar-refractivity contribution in [1.82, 2.24) is 19.4 Å². The molecule has 0 bridgehead atoms. The van der Waals surface area contributed by atoms with E-state index in [1.165, 1.54) is 5.56 Å². The van der Waals surface area contributed by atoms with Crippen molar-refractivity contribution in [1.29, 1.82) is 0 Å². The summed E-state index contributed by atoms with van der Waals surface area (Å²) in [5.41, 5.74) is 4.25. The first-order valence-electron chi connectivity index (χ1n) is 8.52. The minimum absolute atomic E-state index is 0.133. The number of nitrogens with zero attached hydrogens (tertiary/aromatic N) is 4. The highest BCUT2D eigenvalue weighted by molar-refractivity contribution is 5.24. The maximum Gasteiger partial charge on any atom is 0.234 e. The second kappa shape index (κ2) is 8.05. The van der Waals surface area contributed by atoms with Gasteiger partial charge in [0.1, 0.15) is 0 Å². The Morgan fingerprint density at radius 2 is 1.68 bits per heavy atom. The lowest BCUT2D eigenvalue weighted by Gasteiger charge is -2.22. The zero-order chi connectivity index (χ0) is 17.6. The third kappa shape index (κ3) is 4.53. The molecule has 0 saturated heterocycles. The zero-order valence-corrected chi connectivity index (χ0v) is 14.8. The molecule has 0 aliphatic heterocycles. The molecule has 1 aromatic carbocycles. The van der Waals surface area contributed by atoms with Gasteiger partial charge in [-0.25, -0.2) is 9.97 Å². The molecule has 2 aromatic heterocycles. The van der Waals surface area contributed by atoms with Crippen molar-refractivity contribution in [3.63, 3.8) is 0 Å². The van der Waals surface area contributed by atoms with Gasteiger partial charge in [0.2, 0.25) is 5.95 Å². The summed E-state index contributed by atoms with van der Waals surface area (Å²) in [7, 11) is 0. The normalized spacial score (nSPS) is 11.2. The Bertz CT molecular complexity index is 793. The van der Waals surface area contributed by atoms with Crippen molar-refractivity contribution in [2.45, 2.75) is 26.9 Å². The lowest BCUT2D eigenvalue weighted by molar-refractivity contribution is 0.182. The van der Waals surface area contributed by atoms with Crippen molar-refractivity contribution in [3.05, 3.63) is 77.4 Å². The summed E-state index contributed by atoms with van der Waals surface area (Å²) in [4.78, 5) is 11.3. The van der Waals surface area contributed by atoms with Gasteiger partial charge < -0.3 is 5.11 Å². The summed E-state index contributed by atoms with van der Waals surface area (Å²) in [6, 6.07) is 16.4. The Hall–Kier alpha value is -2.50. The predicted molar refractivity (Wildman–Crippen MR) is 98.5 cm³/mol. The van der Waals surface area contributed by atoms with Gasteiger partial charge in [0, 0.05) is 42.9 Å². The van der Waals surface area contributed by atoms with Crippen molar-refractivity contribution >= 4 is 0 Å². The molecule has 0 aliphatic carbocycles. The number of rotatable bonds is 7. The molecule has 0 atom stereocenters. The average Bonchev–Trinajstić information content (AvgIpc) is 3.03. The van der Waals surface area contributed by atoms with Crippen LogP contribution in [-0.2, 0) is 13.1 Å². The van der Waals surface area contributed by atoms with Gasteiger partial charge in [-0.15, -0.1) is 0 Å². The molecule has 2 heterocycles. The number of aryl methyl sites for hydroxylation is 2. The highest BCUT2D eigenvalue weighted by atomic mass is 16.3. The number of hydrogen-bond donors (Lipinski definition) is 1. The lowest BCUT2D eigenvalue weighted by atomic mass is 10.2. The molecule has 0 saturated carbocycles. The van der Waals surface area contributed by atoms with Crippen LogP contribution in [0.5, 0.6) is 0 Å². The molecule has 5 nitrogen and oxygen atoms in total. The van der Waals surface area contributed by atoms with Crippen molar-refractivity contribution < 1.29 is 5.11 Å². The monoisotopic (exact) mass is 336 g/mol. The minimum Gasteiger partial charge on any atom is -0.395 e. The fourth-order valence-electron chi connectivity index (χ4n) is 2.98. The van der Waals surface area contributed by atoms with Crippen LogP contribution in [0.1, 0.15) is 22.6 Å². The molecule has 3 rings (SSSR count). The van der Waals surface area contributed by atoms with Gasteiger partial charge >= 0.3 is 0 Å². The number of aliphatic hydroxyl groups is 1. The van der Waals surface area contributed by atoms with Gasteiger partial charge in [-0.2, -0.15) is 0 Å². The van der Waals surface area contributed by atoms with Crippen LogP contribution in [0.25, 0.3) is 5.95 Å². The van der Waals surface area contributed by atoms with Crippen LogP contribution < -0.4 is 0 Å². The standard InChI is InChI=1S/C20H24N4O/c1-16-13-17(2)22-20(21-16)24-10-6-9-19(24)15-23(11-12-25)14-18-7-4-3-5-8-18/h3-10,13,25H,11-12,14-15H2,1-2H3. The highest BCUT2D eigenvalue weighted by Crippen LogP contribution is 2.14. The van der Waals surface area contributed by atoms with Gasteiger partial charge in [-0.1, -0.05) is 30.3 Å². The average molecular weight is 336 g/mol. The van der Waals surface area contributed by atoms with E-state index in [-0.39, 0.29) is 6.61 Å². The molecular weight excluding hydrogens is 312 g/mol. The summed E-state index contributed by atoms with van der Waals surface area (Å²) in [6.45, 7) is 6.23. The Morgan fingerprint density at radius 1 is 0.960 bits per heavy atom. The van der Waals surface area contributed by atoms with E-state index in [0.29, 0.717) is 12.5 Å². The van der Waals surface area contributed by atoms with Gasteiger partial charge in [0.05, 0.1) is 6.61 Å². The third-order valence-corrected chi connectivity index (χ3v) is 4.07. The summed E-state index contributed by atoms with van der Waals surface area (Å²) < 4.78 is 2.02. The van der Waals surface area contributed by atoms with Gasteiger partial charge in [-0.05, 0) is 37.6 Å². The van der Waals surface area contributed by atoms with Crippen LogP contribution in [0.4, 0.5) is 0 Å². The quantitative estimate of drug-likeness (QED) is 0.721. The Kier molecular flexibility index (Phi) is 5.58. The number of benzene rings is 1. The molecule has 0 aliphatic rings. The minimum atomic E-state index is 0.133. The largest absolute Gasteiger partial charge is 0.395 e. The van der Waals surface area contributed by atoms with E-state index >= 15 is 0 Å². The molecule has 25 heavy (non-hydrogen) atoms. The highest BCUT2D eigenvalue weighted by Gasteiger charge is 2.12. The number of hydrogen-bond acceptors (Lipinski definition) is 4. The molecule has 3 aromatic rings. The molecule has 0 fully saturated rings. The molecule has 0 radical (unpaired) electrons. The fourth-order valence-corrected chi connectivity index (χ4v) is 2.98. The topological polar surface area (TPSA) is 54.2 Å². The maximum atomic E-state index is 9.43. The van der Waals surface area contributed by atoms with E-state index in [1.807, 2.05) is 54.9 Å². The zero-order valence-electron chi connectivity index (χ0n) is 14.8. The third-order valence-electron chi connectivity index (χ3n) is 4.07. The first-order valence-corrected chi connectivity index (χ1v) is 8.52. The molecule has 0 unspecified atom stereocenters. The van der Waals surface area contributed by atoms with Crippen molar-refractivity contribution in [2.75, 3.05) is 13.2 Å². The SMILES string of the molecule is Cc1cc(C)nc(-n2cccc2CN(CCO)Cc2ccccc2)n1. The van der Waals surface area contributed by atoms with E-state index < -0.39 is 0 Å². The Balaban J connectivity index is 1.82. The molecular formula is C20H24N4O. The molecule has 1 N–H and O–H groups in total. The van der Waals surface area contributed by atoms with Gasteiger partial charge in [0.15, 0.2) is 0 Å². The summed E-state index contributed by atoms with van der Waals surface area (Å²) in [5.74, 6) is 0.696. The Labute approximate surface area is 148 Å². The summed E-state index contributed by atoms with van der Waals surface area (Å²) >= 11 is 0. The van der Waals surface area contributed by atoms with Crippen molar-refractivity contribution in [2.24, 2.45) is 0 Å². The van der Waals surface area contributed by atoms with E-state index in [4.69, 9.17) is 0 Å². The van der Waals surface area contributed by atoms with Crippen LogP contribution in [0.15, 0.2) is 54.7 Å². The van der Waals surface area contributed by atoms with E-state index in [2.05, 4.69) is 33.1 Å². The summed E-state index contributed by atoms with van der Waals surface area (Å²) in [5, 5.41) is 9.43. The number of aliphatic hydroxyl groups excluding tert-OH is 1. The Morgan fingerprint density at radius 3 is 2.36 bits per heavy atom. The van der Waals surface area contributed by atoms with E-state index in [9.17, 15) is 5.11 Å². The van der Waals surface area contributed by atoms with Crippen LogP contribution in [0.2, 0.25) is 0 Å². The second-order valence-corrected chi connectivity index (χ2v) is 6.24. The first kappa shape index (κ1) is 17.3. The summed E-state index contributed by atoms with van der Waals surface area (Å²) in [6.07, 6.45) is 1.99. The van der Waals surface area contributed by atoms with Gasteiger partial charge in [0.25, 0.3) is 0 Å². The van der Waals surface area contributed by atoms with Crippen LogP contribution >= 0.6 is 0 Å². The maximum absolute atomic E-state index is 9.43. The smallest absolute Gasteiger partial charge is 0.234 e.